The van der Waals surface area contributed by atoms with Crippen LogP contribution in [-0.4, -0.2) is 67.9 Å². The molecule has 2 heterocycles. The number of piperazine rings is 1. The van der Waals surface area contributed by atoms with Gasteiger partial charge in [-0.15, -0.1) is 0 Å². The Morgan fingerprint density at radius 3 is 2.42 bits per heavy atom. The minimum absolute atomic E-state index is 0.0387. The lowest BCUT2D eigenvalue weighted by Gasteiger charge is -2.36. The largest absolute Gasteiger partial charge is 0.497 e. The standard InChI is InChI=1S/C27H33F3N4O2/c1-3-32(20-23-19-26(31-36-23)24-7-4-5-8-25(24)27(28,29)30)13-6-14-33-15-17-34(18-16-33)21-9-11-22(35-2)12-10-21/h4-5,7-12,19H,3,6,13-18,20H2,1-2H3. The fourth-order valence-electron chi connectivity index (χ4n) is 4.58. The van der Waals surface area contributed by atoms with Gasteiger partial charge in [0.2, 0.25) is 0 Å². The topological polar surface area (TPSA) is 45.0 Å². The monoisotopic (exact) mass is 502 g/mol. The maximum atomic E-state index is 13.4. The Bertz CT molecular complexity index is 1090. The second-order valence-corrected chi connectivity index (χ2v) is 8.97. The van der Waals surface area contributed by atoms with Crippen molar-refractivity contribution in [3.05, 3.63) is 65.9 Å². The van der Waals surface area contributed by atoms with E-state index in [2.05, 4.69) is 38.9 Å². The molecule has 36 heavy (non-hydrogen) atoms. The Balaban J connectivity index is 1.24. The zero-order valence-corrected chi connectivity index (χ0v) is 20.8. The second kappa shape index (κ2) is 11.8. The van der Waals surface area contributed by atoms with Gasteiger partial charge in [0.05, 0.1) is 19.2 Å². The molecule has 9 heteroatoms. The summed E-state index contributed by atoms with van der Waals surface area (Å²) in [7, 11) is 1.67. The molecule has 1 saturated heterocycles. The normalized spacial score (nSPS) is 15.0. The van der Waals surface area contributed by atoms with Gasteiger partial charge in [-0.05, 0) is 56.4 Å². The van der Waals surface area contributed by atoms with E-state index in [1.54, 1.807) is 19.2 Å². The lowest BCUT2D eigenvalue weighted by molar-refractivity contribution is -0.137. The van der Waals surface area contributed by atoms with Crippen molar-refractivity contribution in [1.29, 1.82) is 0 Å². The first-order valence-electron chi connectivity index (χ1n) is 12.3. The lowest BCUT2D eigenvalue weighted by Crippen LogP contribution is -2.47. The summed E-state index contributed by atoms with van der Waals surface area (Å²) in [4.78, 5) is 7.11. The maximum absolute atomic E-state index is 13.4. The van der Waals surface area contributed by atoms with Crippen LogP contribution in [0.2, 0.25) is 0 Å². The first-order valence-corrected chi connectivity index (χ1v) is 12.3. The molecule has 0 bridgehead atoms. The number of anilines is 1. The smallest absolute Gasteiger partial charge is 0.417 e. The van der Waals surface area contributed by atoms with Crippen LogP contribution in [0.3, 0.4) is 0 Å². The molecule has 0 spiro atoms. The van der Waals surface area contributed by atoms with Crippen LogP contribution in [-0.2, 0) is 12.7 Å². The summed E-state index contributed by atoms with van der Waals surface area (Å²) in [5.41, 5.74) is 0.765. The SMILES string of the molecule is CCN(CCCN1CCN(c2ccc(OC)cc2)CC1)Cc1cc(-c2ccccc2C(F)(F)F)no1. The highest BCUT2D eigenvalue weighted by atomic mass is 19.4. The molecule has 194 valence electrons. The molecule has 0 aliphatic carbocycles. The number of halogens is 3. The third-order valence-electron chi connectivity index (χ3n) is 6.65. The number of benzene rings is 2. The van der Waals surface area contributed by atoms with E-state index in [1.165, 1.54) is 17.8 Å². The van der Waals surface area contributed by atoms with Gasteiger partial charge in [-0.25, -0.2) is 0 Å². The number of ether oxygens (including phenoxy) is 1. The minimum Gasteiger partial charge on any atom is -0.497 e. The summed E-state index contributed by atoms with van der Waals surface area (Å²) in [6.07, 6.45) is -3.43. The highest BCUT2D eigenvalue weighted by Crippen LogP contribution is 2.36. The van der Waals surface area contributed by atoms with Crippen LogP contribution in [0, 0.1) is 0 Å². The fourth-order valence-corrected chi connectivity index (χ4v) is 4.58. The van der Waals surface area contributed by atoms with Crippen LogP contribution >= 0.6 is 0 Å². The molecule has 0 unspecified atom stereocenters. The zero-order valence-electron chi connectivity index (χ0n) is 20.8. The number of nitrogens with zero attached hydrogens (tertiary/aromatic N) is 4. The van der Waals surface area contributed by atoms with Crippen molar-refractivity contribution in [2.24, 2.45) is 0 Å². The second-order valence-electron chi connectivity index (χ2n) is 8.97. The summed E-state index contributed by atoms with van der Waals surface area (Å²) in [5, 5.41) is 3.92. The number of alkyl halides is 3. The van der Waals surface area contributed by atoms with Crippen LogP contribution in [0.5, 0.6) is 5.75 Å². The van der Waals surface area contributed by atoms with Gasteiger partial charge in [-0.2, -0.15) is 13.2 Å². The molecule has 0 amide bonds. The van der Waals surface area contributed by atoms with Gasteiger partial charge in [0.25, 0.3) is 0 Å². The molecule has 2 aromatic carbocycles. The summed E-state index contributed by atoms with van der Waals surface area (Å²) < 4.78 is 50.7. The first-order chi connectivity index (χ1) is 17.4. The van der Waals surface area contributed by atoms with Gasteiger partial charge < -0.3 is 14.2 Å². The molecule has 1 fully saturated rings. The van der Waals surface area contributed by atoms with E-state index >= 15 is 0 Å². The van der Waals surface area contributed by atoms with Gasteiger partial charge in [0.1, 0.15) is 11.4 Å². The molecule has 1 aliphatic heterocycles. The van der Waals surface area contributed by atoms with E-state index in [4.69, 9.17) is 9.26 Å². The number of hydrogen-bond donors (Lipinski definition) is 0. The van der Waals surface area contributed by atoms with Crippen LogP contribution < -0.4 is 9.64 Å². The lowest BCUT2D eigenvalue weighted by atomic mass is 10.0. The summed E-state index contributed by atoms with van der Waals surface area (Å²) in [6.45, 7) is 9.31. The van der Waals surface area contributed by atoms with Crippen molar-refractivity contribution in [2.45, 2.75) is 26.1 Å². The molecule has 1 aliphatic rings. The quantitative estimate of drug-likeness (QED) is 0.370. The van der Waals surface area contributed by atoms with E-state index in [9.17, 15) is 13.2 Å². The molecule has 4 rings (SSSR count). The highest BCUT2D eigenvalue weighted by molar-refractivity contribution is 5.64. The van der Waals surface area contributed by atoms with Crippen molar-refractivity contribution in [1.82, 2.24) is 15.0 Å². The average molecular weight is 503 g/mol. The van der Waals surface area contributed by atoms with Gasteiger partial charge in [-0.1, -0.05) is 30.3 Å². The zero-order chi connectivity index (χ0) is 25.5. The van der Waals surface area contributed by atoms with Gasteiger partial charge >= 0.3 is 6.18 Å². The van der Waals surface area contributed by atoms with Crippen LogP contribution in [0.15, 0.2) is 59.1 Å². The Hall–Kier alpha value is -3.04. The minimum atomic E-state index is -4.44. The predicted molar refractivity (Wildman–Crippen MR) is 134 cm³/mol. The maximum Gasteiger partial charge on any atom is 0.417 e. The molecule has 0 atom stereocenters. The van der Waals surface area contributed by atoms with Gasteiger partial charge in [0.15, 0.2) is 5.76 Å². The van der Waals surface area contributed by atoms with Crippen LogP contribution in [0.1, 0.15) is 24.7 Å². The molecular formula is C27H33F3N4O2. The highest BCUT2D eigenvalue weighted by Gasteiger charge is 2.34. The number of hydrogen-bond acceptors (Lipinski definition) is 6. The van der Waals surface area contributed by atoms with E-state index in [0.29, 0.717) is 12.3 Å². The Labute approximate surface area is 210 Å². The summed E-state index contributed by atoms with van der Waals surface area (Å²) in [5.74, 6) is 1.43. The number of aromatic nitrogens is 1. The molecule has 3 aromatic rings. The predicted octanol–water partition coefficient (Wildman–Crippen LogP) is 5.40. The van der Waals surface area contributed by atoms with Crippen molar-refractivity contribution in [3.63, 3.8) is 0 Å². The Morgan fingerprint density at radius 1 is 1.03 bits per heavy atom. The van der Waals surface area contributed by atoms with Crippen molar-refractivity contribution in [3.8, 4) is 17.0 Å². The first kappa shape index (κ1) is 26.0. The van der Waals surface area contributed by atoms with Gasteiger partial charge in [-0.3, -0.25) is 9.80 Å². The number of rotatable bonds is 10. The van der Waals surface area contributed by atoms with Crippen LogP contribution in [0.4, 0.5) is 18.9 Å². The third kappa shape index (κ3) is 6.59. The molecule has 6 nitrogen and oxygen atoms in total. The van der Waals surface area contributed by atoms with E-state index in [1.807, 2.05) is 12.1 Å². The van der Waals surface area contributed by atoms with Gasteiger partial charge in [0, 0.05) is 43.5 Å². The van der Waals surface area contributed by atoms with Crippen LogP contribution in [0.25, 0.3) is 11.3 Å². The number of methoxy groups -OCH3 is 1. The summed E-state index contributed by atoms with van der Waals surface area (Å²) >= 11 is 0. The van der Waals surface area contributed by atoms with E-state index < -0.39 is 11.7 Å². The Kier molecular flexibility index (Phi) is 8.53. The molecule has 0 radical (unpaired) electrons. The molecule has 0 N–H and O–H groups in total. The Morgan fingerprint density at radius 2 is 1.75 bits per heavy atom. The van der Waals surface area contributed by atoms with E-state index in [-0.39, 0.29) is 11.3 Å². The summed E-state index contributed by atoms with van der Waals surface area (Å²) in [6, 6.07) is 15.3. The average Bonchev–Trinajstić information content (AvgIpc) is 3.36. The third-order valence-corrected chi connectivity index (χ3v) is 6.65. The molecule has 1 aromatic heterocycles. The van der Waals surface area contributed by atoms with E-state index in [0.717, 1.165) is 64.0 Å². The molecular weight excluding hydrogens is 469 g/mol. The van der Waals surface area contributed by atoms with Crippen molar-refractivity contribution in [2.75, 3.05) is 57.8 Å². The fraction of sp³-hybridized carbons (Fsp3) is 0.444. The van der Waals surface area contributed by atoms with Crippen molar-refractivity contribution >= 4 is 5.69 Å². The molecule has 0 saturated carbocycles. The van der Waals surface area contributed by atoms with Crippen molar-refractivity contribution < 1.29 is 22.4 Å².